The van der Waals surface area contributed by atoms with Gasteiger partial charge in [-0.15, -0.1) is 11.6 Å². The van der Waals surface area contributed by atoms with Crippen LogP contribution >= 0.6 is 11.6 Å². The van der Waals surface area contributed by atoms with Crippen LogP contribution in [0.5, 0.6) is 0 Å². The highest BCUT2D eigenvalue weighted by Gasteiger charge is 2.52. The van der Waals surface area contributed by atoms with Crippen LogP contribution in [0.2, 0.25) is 0 Å². The maximum atomic E-state index is 12.8. The molecule has 0 aromatic rings. The first-order chi connectivity index (χ1) is 9.67. The van der Waals surface area contributed by atoms with Gasteiger partial charge in [-0.05, 0) is 74.5 Å². The van der Waals surface area contributed by atoms with E-state index in [9.17, 15) is 4.79 Å². The van der Waals surface area contributed by atoms with Crippen LogP contribution in [0.4, 0.5) is 0 Å². The van der Waals surface area contributed by atoms with Crippen LogP contribution in [0.1, 0.15) is 57.8 Å². The van der Waals surface area contributed by atoms with Crippen molar-refractivity contribution in [2.24, 2.45) is 23.2 Å². The Bertz CT molecular complexity index is 369. The van der Waals surface area contributed by atoms with Gasteiger partial charge in [-0.25, -0.2) is 0 Å². The van der Waals surface area contributed by atoms with E-state index in [0.29, 0.717) is 23.2 Å². The average Bonchev–Trinajstić information content (AvgIpc) is 3.17. The van der Waals surface area contributed by atoms with Gasteiger partial charge in [0.2, 0.25) is 5.91 Å². The predicted molar refractivity (Wildman–Crippen MR) is 80.7 cm³/mol. The highest BCUT2D eigenvalue weighted by atomic mass is 35.5. The van der Waals surface area contributed by atoms with E-state index in [1.54, 1.807) is 0 Å². The molecule has 5 rings (SSSR count). The molecule has 3 heteroatoms. The van der Waals surface area contributed by atoms with E-state index in [1.807, 2.05) is 0 Å². The van der Waals surface area contributed by atoms with Crippen LogP contribution in [-0.2, 0) is 4.79 Å². The monoisotopic (exact) mass is 295 g/mol. The summed E-state index contributed by atoms with van der Waals surface area (Å²) in [6.07, 6.45) is 11.6. The zero-order chi connectivity index (χ0) is 13.7. The van der Waals surface area contributed by atoms with Crippen molar-refractivity contribution < 1.29 is 4.79 Å². The number of amides is 1. The molecule has 0 aromatic carbocycles. The van der Waals surface area contributed by atoms with Crippen LogP contribution in [0.25, 0.3) is 0 Å². The first kappa shape index (κ1) is 13.4. The molecule has 2 nitrogen and oxygen atoms in total. The second-order valence-corrected chi connectivity index (χ2v) is 8.48. The van der Waals surface area contributed by atoms with Crippen molar-refractivity contribution >= 4 is 17.5 Å². The van der Waals surface area contributed by atoms with Crippen molar-refractivity contribution in [2.75, 3.05) is 12.4 Å². The summed E-state index contributed by atoms with van der Waals surface area (Å²) < 4.78 is 0. The van der Waals surface area contributed by atoms with E-state index >= 15 is 0 Å². The molecule has 0 aromatic heterocycles. The first-order valence-corrected chi connectivity index (χ1v) is 9.06. The van der Waals surface area contributed by atoms with Crippen molar-refractivity contribution in [2.45, 2.75) is 63.8 Å². The third-order valence-corrected chi connectivity index (χ3v) is 6.49. The van der Waals surface area contributed by atoms with Crippen LogP contribution in [0.3, 0.4) is 0 Å². The molecule has 20 heavy (non-hydrogen) atoms. The molecule has 112 valence electrons. The van der Waals surface area contributed by atoms with Crippen LogP contribution in [-0.4, -0.2) is 29.3 Å². The fraction of sp³-hybridized carbons (Fsp3) is 0.941. The molecule has 0 aliphatic heterocycles. The van der Waals surface area contributed by atoms with Gasteiger partial charge >= 0.3 is 0 Å². The highest BCUT2D eigenvalue weighted by molar-refractivity contribution is 6.18. The molecule has 5 aliphatic rings. The summed E-state index contributed by atoms with van der Waals surface area (Å²) >= 11 is 5.89. The summed E-state index contributed by atoms with van der Waals surface area (Å²) in [4.78, 5) is 14.9. The first-order valence-electron chi connectivity index (χ1n) is 8.53. The van der Waals surface area contributed by atoms with Gasteiger partial charge in [0.1, 0.15) is 0 Å². The molecule has 5 fully saturated rings. The average molecular weight is 296 g/mol. The summed E-state index contributed by atoms with van der Waals surface area (Å²) in [7, 11) is 0. The van der Waals surface area contributed by atoms with Crippen molar-refractivity contribution in [3.05, 3.63) is 0 Å². The van der Waals surface area contributed by atoms with Gasteiger partial charge in [0.15, 0.2) is 0 Å². The standard InChI is InChI=1S/C17H26ClNO/c18-3-4-19(15-1-2-15)16(20)11-17-8-12-5-13(9-17)7-14(6-12)10-17/h12-15H,1-11H2. The number of hydrogen-bond donors (Lipinski definition) is 0. The van der Waals surface area contributed by atoms with Gasteiger partial charge in [-0.2, -0.15) is 0 Å². The Hall–Kier alpha value is -0.240. The summed E-state index contributed by atoms with van der Waals surface area (Å²) in [6.45, 7) is 0.761. The van der Waals surface area contributed by atoms with Crippen molar-refractivity contribution in [3.8, 4) is 0 Å². The Balaban J connectivity index is 1.46. The maximum absolute atomic E-state index is 12.8. The lowest BCUT2D eigenvalue weighted by atomic mass is 9.49. The molecule has 4 bridgehead atoms. The second kappa shape index (κ2) is 4.90. The predicted octanol–water partition coefficient (Wildman–Crippen LogP) is 3.82. The van der Waals surface area contributed by atoms with Gasteiger partial charge in [0, 0.05) is 24.9 Å². The molecule has 0 radical (unpaired) electrons. The SMILES string of the molecule is O=C(CC12CC3CC(CC(C3)C1)C2)N(CCCl)C1CC1. The van der Waals surface area contributed by atoms with E-state index < -0.39 is 0 Å². The second-order valence-electron chi connectivity index (χ2n) is 8.10. The quantitative estimate of drug-likeness (QED) is 0.706. The van der Waals surface area contributed by atoms with E-state index in [2.05, 4.69) is 4.90 Å². The zero-order valence-corrected chi connectivity index (χ0v) is 13.1. The Kier molecular flexibility index (Phi) is 3.29. The summed E-state index contributed by atoms with van der Waals surface area (Å²) in [5.41, 5.74) is 0.380. The third kappa shape index (κ3) is 2.38. The Labute approximate surface area is 127 Å². The summed E-state index contributed by atoms with van der Waals surface area (Å²) in [5, 5.41) is 0. The van der Waals surface area contributed by atoms with Crippen molar-refractivity contribution in [3.63, 3.8) is 0 Å². The lowest BCUT2D eigenvalue weighted by Crippen LogP contribution is -2.48. The van der Waals surface area contributed by atoms with Crippen molar-refractivity contribution in [1.29, 1.82) is 0 Å². The molecule has 0 heterocycles. The zero-order valence-electron chi connectivity index (χ0n) is 12.3. The normalized spacial score (nSPS) is 42.0. The third-order valence-electron chi connectivity index (χ3n) is 6.32. The van der Waals surface area contributed by atoms with Gasteiger partial charge in [0.25, 0.3) is 0 Å². The maximum Gasteiger partial charge on any atom is 0.223 e. The molecular formula is C17H26ClNO. The van der Waals surface area contributed by atoms with E-state index in [1.165, 1.54) is 51.4 Å². The van der Waals surface area contributed by atoms with E-state index in [4.69, 9.17) is 11.6 Å². The lowest BCUT2D eigenvalue weighted by molar-refractivity contribution is -0.139. The Morgan fingerprint density at radius 1 is 1.05 bits per heavy atom. The van der Waals surface area contributed by atoms with Gasteiger partial charge < -0.3 is 4.90 Å². The van der Waals surface area contributed by atoms with E-state index in [0.717, 1.165) is 30.7 Å². The molecule has 0 spiro atoms. The fourth-order valence-electron chi connectivity index (χ4n) is 5.92. The number of rotatable bonds is 5. The van der Waals surface area contributed by atoms with Crippen LogP contribution in [0, 0.1) is 23.2 Å². The molecule has 0 atom stereocenters. The summed E-state index contributed by atoms with van der Waals surface area (Å²) in [5.74, 6) is 3.82. The number of halogens is 1. The minimum atomic E-state index is 0.380. The molecule has 1 amide bonds. The minimum Gasteiger partial charge on any atom is -0.339 e. The molecular weight excluding hydrogens is 270 g/mol. The smallest absolute Gasteiger partial charge is 0.223 e. The Morgan fingerprint density at radius 2 is 1.60 bits per heavy atom. The molecule has 0 N–H and O–H groups in total. The molecule has 0 saturated heterocycles. The summed E-state index contributed by atoms with van der Waals surface area (Å²) in [6, 6.07) is 0.523. The number of carbonyl (C=O) groups is 1. The topological polar surface area (TPSA) is 20.3 Å². The number of carbonyl (C=O) groups excluding carboxylic acids is 1. The Morgan fingerprint density at radius 3 is 2.05 bits per heavy atom. The van der Waals surface area contributed by atoms with E-state index in [-0.39, 0.29) is 0 Å². The fourth-order valence-corrected chi connectivity index (χ4v) is 6.10. The van der Waals surface area contributed by atoms with Crippen LogP contribution in [0.15, 0.2) is 0 Å². The number of hydrogen-bond acceptors (Lipinski definition) is 1. The largest absolute Gasteiger partial charge is 0.339 e. The minimum absolute atomic E-state index is 0.380. The molecule has 5 aliphatic carbocycles. The van der Waals surface area contributed by atoms with Crippen molar-refractivity contribution in [1.82, 2.24) is 4.90 Å². The highest BCUT2D eigenvalue weighted by Crippen LogP contribution is 2.61. The molecule has 0 unspecified atom stereocenters. The van der Waals surface area contributed by atoms with Gasteiger partial charge in [-0.3, -0.25) is 4.79 Å². The molecule has 5 saturated carbocycles. The van der Waals surface area contributed by atoms with Gasteiger partial charge in [-0.1, -0.05) is 0 Å². The van der Waals surface area contributed by atoms with Crippen LogP contribution < -0.4 is 0 Å². The number of alkyl halides is 1. The van der Waals surface area contributed by atoms with Gasteiger partial charge in [0.05, 0.1) is 0 Å². The number of nitrogens with zero attached hydrogens (tertiary/aromatic N) is 1. The lowest BCUT2D eigenvalue weighted by Gasteiger charge is -2.57.